The summed E-state index contributed by atoms with van der Waals surface area (Å²) in [5.41, 5.74) is 6.85. The van der Waals surface area contributed by atoms with E-state index in [4.69, 9.17) is 0 Å². The molecule has 0 bridgehead atoms. The van der Waals surface area contributed by atoms with Gasteiger partial charge in [0.2, 0.25) is 0 Å². The summed E-state index contributed by atoms with van der Waals surface area (Å²) in [5, 5.41) is 9.89. The van der Waals surface area contributed by atoms with Crippen LogP contribution in [0.25, 0.3) is 0 Å². The number of benzene rings is 2. The Balaban J connectivity index is 1.41. The number of carbonyl (C=O) groups is 2. The molecule has 0 fully saturated rings. The molecule has 2 N–H and O–H groups in total. The molecular formula is C26H24N2O2S2. The number of rotatable bonds is 6. The molecule has 4 nitrogen and oxygen atoms in total. The third kappa shape index (κ3) is 5.39. The van der Waals surface area contributed by atoms with Gasteiger partial charge in [-0.15, -0.1) is 23.1 Å². The van der Waals surface area contributed by atoms with Gasteiger partial charge in [0.05, 0.1) is 4.88 Å². The summed E-state index contributed by atoms with van der Waals surface area (Å²) in [7, 11) is 0. The van der Waals surface area contributed by atoms with E-state index in [9.17, 15) is 9.59 Å². The van der Waals surface area contributed by atoms with Crippen LogP contribution in [0.5, 0.6) is 0 Å². The molecule has 0 saturated heterocycles. The minimum Gasteiger partial charge on any atom is -0.322 e. The number of aryl methyl sites for hydroxylation is 2. The van der Waals surface area contributed by atoms with Crippen molar-refractivity contribution in [3.05, 3.63) is 104 Å². The van der Waals surface area contributed by atoms with E-state index in [1.54, 1.807) is 11.8 Å². The molecule has 162 valence electrons. The molecule has 3 aromatic rings. The lowest BCUT2D eigenvalue weighted by molar-refractivity contribution is -0.112. The largest absolute Gasteiger partial charge is 0.322 e. The van der Waals surface area contributed by atoms with Crippen LogP contribution in [0.1, 0.15) is 31.9 Å². The van der Waals surface area contributed by atoms with Crippen LogP contribution in [-0.4, -0.2) is 17.6 Å². The highest BCUT2D eigenvalue weighted by Gasteiger charge is 2.13. The predicted octanol–water partition coefficient (Wildman–Crippen LogP) is 6.33. The van der Waals surface area contributed by atoms with Crippen LogP contribution in [0.4, 0.5) is 11.4 Å². The minimum atomic E-state index is -0.0808. The Morgan fingerprint density at radius 1 is 0.906 bits per heavy atom. The van der Waals surface area contributed by atoms with Crippen molar-refractivity contribution in [1.29, 1.82) is 0 Å². The number of amides is 2. The van der Waals surface area contributed by atoms with Gasteiger partial charge in [-0.1, -0.05) is 42.5 Å². The molecule has 0 aliphatic carbocycles. The average Bonchev–Trinajstić information content (AvgIpc) is 3.33. The Morgan fingerprint density at radius 2 is 1.56 bits per heavy atom. The molecule has 1 aliphatic heterocycles. The maximum atomic E-state index is 12.5. The van der Waals surface area contributed by atoms with Gasteiger partial charge in [-0.05, 0) is 71.5 Å². The molecule has 2 aromatic carbocycles. The Bertz CT molecular complexity index is 1210. The van der Waals surface area contributed by atoms with Crippen LogP contribution in [0, 0.1) is 13.8 Å². The van der Waals surface area contributed by atoms with Crippen molar-refractivity contribution in [2.75, 3.05) is 16.4 Å². The second-order valence-corrected chi connectivity index (χ2v) is 9.53. The van der Waals surface area contributed by atoms with Gasteiger partial charge in [-0.3, -0.25) is 9.59 Å². The molecule has 2 amide bonds. The lowest BCUT2D eigenvalue weighted by Crippen LogP contribution is -2.17. The summed E-state index contributed by atoms with van der Waals surface area (Å²) in [6, 6.07) is 15.9. The second-order valence-electron chi connectivity index (χ2n) is 7.69. The number of nitrogens with one attached hydrogen (secondary N) is 2. The average molecular weight is 461 g/mol. The maximum absolute atomic E-state index is 12.5. The number of thiophene rings is 1. The normalized spacial score (nSPS) is 12.9. The molecule has 1 aromatic heterocycles. The number of hydrogen-bond acceptors (Lipinski definition) is 4. The summed E-state index contributed by atoms with van der Waals surface area (Å²) in [5.74, 6) is 0.569. The number of allylic oxidation sites excluding steroid dienone is 2. The number of carbonyl (C=O) groups excluding carboxylic acids is 2. The SMILES string of the molecule is Cc1cc(Cc2ccc(NC(=O)c3cccs3)c(C)c2)ccc1NC(=O)C1=CC=CSC1. The first kappa shape index (κ1) is 22.1. The highest BCUT2D eigenvalue weighted by molar-refractivity contribution is 8.02. The van der Waals surface area contributed by atoms with Gasteiger partial charge in [-0.2, -0.15) is 0 Å². The third-order valence-electron chi connectivity index (χ3n) is 5.23. The molecule has 0 atom stereocenters. The third-order valence-corrected chi connectivity index (χ3v) is 6.93. The molecular weight excluding hydrogens is 436 g/mol. The fraction of sp³-hybridized carbons (Fsp3) is 0.154. The van der Waals surface area contributed by atoms with Gasteiger partial charge in [0.15, 0.2) is 0 Å². The van der Waals surface area contributed by atoms with E-state index in [-0.39, 0.29) is 11.8 Å². The van der Waals surface area contributed by atoms with Crippen molar-refractivity contribution in [3.8, 4) is 0 Å². The quantitative estimate of drug-likeness (QED) is 0.452. The Hall–Kier alpha value is -3.09. The van der Waals surface area contributed by atoms with Gasteiger partial charge in [-0.25, -0.2) is 0 Å². The lowest BCUT2D eigenvalue weighted by Gasteiger charge is -2.13. The van der Waals surface area contributed by atoms with Crippen LogP contribution < -0.4 is 10.6 Å². The standard InChI is InChI=1S/C26H24N2O2S2/c1-17-13-19(7-9-22(17)27-25(29)21-5-3-11-31-16-21)15-20-8-10-23(18(2)14-20)28-26(30)24-6-4-12-32-24/h3-14H,15-16H2,1-2H3,(H,27,29)(H,28,30). The zero-order chi connectivity index (χ0) is 22.5. The Kier molecular flexibility index (Phi) is 6.93. The van der Waals surface area contributed by atoms with E-state index in [1.165, 1.54) is 22.5 Å². The van der Waals surface area contributed by atoms with Crippen molar-refractivity contribution in [3.63, 3.8) is 0 Å². The van der Waals surface area contributed by atoms with E-state index in [2.05, 4.69) is 22.8 Å². The van der Waals surface area contributed by atoms with Crippen molar-refractivity contribution in [2.45, 2.75) is 20.3 Å². The summed E-state index contributed by atoms with van der Waals surface area (Å²) in [6.45, 7) is 4.02. The molecule has 0 radical (unpaired) electrons. The van der Waals surface area contributed by atoms with E-state index < -0.39 is 0 Å². The highest BCUT2D eigenvalue weighted by Crippen LogP contribution is 2.24. The van der Waals surface area contributed by atoms with Crippen molar-refractivity contribution in [1.82, 2.24) is 0 Å². The Morgan fingerprint density at radius 3 is 2.09 bits per heavy atom. The molecule has 0 saturated carbocycles. The first-order valence-electron chi connectivity index (χ1n) is 10.3. The second kappa shape index (κ2) is 10.0. The fourth-order valence-corrected chi connectivity index (χ4v) is 4.83. The molecule has 1 aliphatic rings. The zero-order valence-electron chi connectivity index (χ0n) is 18.0. The van der Waals surface area contributed by atoms with Gasteiger partial charge in [0, 0.05) is 22.7 Å². The van der Waals surface area contributed by atoms with Gasteiger partial charge < -0.3 is 10.6 Å². The first-order chi connectivity index (χ1) is 15.5. The monoisotopic (exact) mass is 460 g/mol. The highest BCUT2D eigenvalue weighted by atomic mass is 32.2. The molecule has 4 rings (SSSR count). The van der Waals surface area contributed by atoms with Crippen LogP contribution in [-0.2, 0) is 11.2 Å². The number of anilines is 2. The summed E-state index contributed by atoms with van der Waals surface area (Å²) in [4.78, 5) is 25.5. The van der Waals surface area contributed by atoms with E-state index >= 15 is 0 Å². The molecule has 2 heterocycles. The molecule has 0 unspecified atom stereocenters. The fourth-order valence-electron chi connectivity index (χ4n) is 3.52. The Labute approximate surface area is 196 Å². The maximum Gasteiger partial charge on any atom is 0.265 e. The van der Waals surface area contributed by atoms with E-state index in [0.717, 1.165) is 34.5 Å². The topological polar surface area (TPSA) is 58.2 Å². The minimum absolute atomic E-state index is 0.0477. The predicted molar refractivity (Wildman–Crippen MR) is 136 cm³/mol. The van der Waals surface area contributed by atoms with Crippen LogP contribution in [0.3, 0.4) is 0 Å². The number of hydrogen-bond donors (Lipinski definition) is 2. The van der Waals surface area contributed by atoms with Crippen LogP contribution >= 0.6 is 23.1 Å². The smallest absolute Gasteiger partial charge is 0.265 e. The van der Waals surface area contributed by atoms with E-state index in [1.807, 2.05) is 73.2 Å². The van der Waals surface area contributed by atoms with Crippen LogP contribution in [0.2, 0.25) is 0 Å². The molecule has 32 heavy (non-hydrogen) atoms. The van der Waals surface area contributed by atoms with Crippen molar-refractivity contribution in [2.24, 2.45) is 0 Å². The first-order valence-corrected chi connectivity index (χ1v) is 12.2. The van der Waals surface area contributed by atoms with Crippen LogP contribution in [0.15, 0.2) is 77.0 Å². The van der Waals surface area contributed by atoms with E-state index in [0.29, 0.717) is 10.6 Å². The van der Waals surface area contributed by atoms with Gasteiger partial charge in [0.1, 0.15) is 0 Å². The van der Waals surface area contributed by atoms with Crippen molar-refractivity contribution < 1.29 is 9.59 Å². The summed E-state index contributed by atoms with van der Waals surface area (Å²) < 4.78 is 0. The molecule has 6 heteroatoms. The summed E-state index contributed by atoms with van der Waals surface area (Å²) in [6.07, 6.45) is 4.55. The number of thioether (sulfide) groups is 1. The molecule has 0 spiro atoms. The van der Waals surface area contributed by atoms with Gasteiger partial charge >= 0.3 is 0 Å². The lowest BCUT2D eigenvalue weighted by atomic mass is 10.00. The van der Waals surface area contributed by atoms with Crippen molar-refractivity contribution >= 4 is 46.3 Å². The van der Waals surface area contributed by atoms with Gasteiger partial charge in [0.25, 0.3) is 11.8 Å². The zero-order valence-corrected chi connectivity index (χ0v) is 19.6. The summed E-state index contributed by atoms with van der Waals surface area (Å²) >= 11 is 3.05.